The highest BCUT2D eigenvalue weighted by molar-refractivity contribution is 5.94. The summed E-state index contributed by atoms with van der Waals surface area (Å²) in [6, 6.07) is 6.70. The summed E-state index contributed by atoms with van der Waals surface area (Å²) in [5.41, 5.74) is 0.555. The highest BCUT2D eigenvalue weighted by Gasteiger charge is 2.07. The molecule has 0 saturated carbocycles. The minimum atomic E-state index is -0.423. The van der Waals surface area contributed by atoms with E-state index in [2.05, 4.69) is 0 Å². The summed E-state index contributed by atoms with van der Waals surface area (Å²) in [7, 11) is 0. The Morgan fingerprint density at radius 1 is 1.29 bits per heavy atom. The maximum absolute atomic E-state index is 11.2. The fourth-order valence-corrected chi connectivity index (χ4v) is 1.24. The Labute approximate surface area is 101 Å². The molecule has 0 saturated heterocycles. The molecule has 0 fully saturated rings. The number of hydrogen-bond acceptors (Lipinski definition) is 4. The van der Waals surface area contributed by atoms with Crippen molar-refractivity contribution >= 4 is 11.8 Å². The maximum atomic E-state index is 11.2. The minimum Gasteiger partial charge on any atom is -0.482 e. The fourth-order valence-electron chi connectivity index (χ4n) is 1.24. The zero-order valence-corrected chi connectivity index (χ0v) is 10.2. The summed E-state index contributed by atoms with van der Waals surface area (Å²) < 4.78 is 10.2. The lowest BCUT2D eigenvalue weighted by Crippen LogP contribution is -2.18. The van der Waals surface area contributed by atoms with Crippen LogP contribution in [0.4, 0.5) is 0 Å². The quantitative estimate of drug-likeness (QED) is 0.581. The number of esters is 1. The molecular formula is C13H16O4. The Balaban J connectivity index is 2.54. The lowest BCUT2D eigenvalue weighted by Gasteiger charge is -2.09. The normalized spacial score (nSPS) is 10.1. The second-order valence-electron chi connectivity index (χ2n) is 3.91. The zero-order chi connectivity index (χ0) is 12.8. The topological polar surface area (TPSA) is 52.6 Å². The van der Waals surface area contributed by atoms with Crippen molar-refractivity contribution in [3.63, 3.8) is 0 Å². The summed E-state index contributed by atoms with van der Waals surface area (Å²) >= 11 is 0. The molecule has 0 amide bonds. The number of ketones is 1. The van der Waals surface area contributed by atoms with Gasteiger partial charge in [0.25, 0.3) is 0 Å². The molecule has 1 aromatic carbocycles. The first kappa shape index (κ1) is 13.2. The summed E-state index contributed by atoms with van der Waals surface area (Å²) in [4.78, 5) is 22.4. The average molecular weight is 236 g/mol. The summed E-state index contributed by atoms with van der Waals surface area (Å²) in [6.45, 7) is 4.87. The van der Waals surface area contributed by atoms with Crippen LogP contribution in [0.15, 0.2) is 24.3 Å². The monoisotopic (exact) mass is 236 g/mol. The molecule has 0 unspecified atom stereocenters. The SMILES string of the molecule is CC(=O)c1cccc(OCC(=O)OC(C)C)c1. The van der Waals surface area contributed by atoms with E-state index in [0.717, 1.165) is 0 Å². The summed E-state index contributed by atoms with van der Waals surface area (Å²) in [6.07, 6.45) is -0.158. The Morgan fingerprint density at radius 3 is 2.59 bits per heavy atom. The van der Waals surface area contributed by atoms with Crippen molar-refractivity contribution in [3.8, 4) is 5.75 Å². The van der Waals surface area contributed by atoms with Gasteiger partial charge in [-0.1, -0.05) is 12.1 Å². The van der Waals surface area contributed by atoms with Crippen molar-refractivity contribution in [1.82, 2.24) is 0 Å². The van der Waals surface area contributed by atoms with Gasteiger partial charge < -0.3 is 9.47 Å². The van der Waals surface area contributed by atoms with Crippen LogP contribution in [0.1, 0.15) is 31.1 Å². The number of hydrogen-bond donors (Lipinski definition) is 0. The van der Waals surface area contributed by atoms with Gasteiger partial charge in [0, 0.05) is 5.56 Å². The molecule has 0 bridgehead atoms. The van der Waals surface area contributed by atoms with Gasteiger partial charge in [-0.2, -0.15) is 0 Å². The Morgan fingerprint density at radius 2 is 2.00 bits per heavy atom. The number of benzene rings is 1. The highest BCUT2D eigenvalue weighted by Crippen LogP contribution is 2.13. The third kappa shape index (κ3) is 4.68. The third-order valence-electron chi connectivity index (χ3n) is 1.96. The van der Waals surface area contributed by atoms with E-state index in [9.17, 15) is 9.59 Å². The lowest BCUT2D eigenvalue weighted by molar-refractivity contribution is -0.149. The molecule has 0 atom stereocenters. The molecule has 0 heterocycles. The van der Waals surface area contributed by atoms with Gasteiger partial charge in [0.1, 0.15) is 5.75 Å². The van der Waals surface area contributed by atoms with Crippen molar-refractivity contribution in [3.05, 3.63) is 29.8 Å². The highest BCUT2D eigenvalue weighted by atomic mass is 16.6. The largest absolute Gasteiger partial charge is 0.482 e. The summed E-state index contributed by atoms with van der Waals surface area (Å²) in [5, 5.41) is 0. The first-order valence-electron chi connectivity index (χ1n) is 5.42. The van der Waals surface area contributed by atoms with Crippen molar-refractivity contribution in [2.75, 3.05) is 6.61 Å². The van der Waals surface area contributed by atoms with Gasteiger partial charge in [0.2, 0.25) is 0 Å². The smallest absolute Gasteiger partial charge is 0.344 e. The average Bonchev–Trinajstić information content (AvgIpc) is 2.26. The first-order valence-corrected chi connectivity index (χ1v) is 5.42. The number of rotatable bonds is 5. The molecule has 4 nitrogen and oxygen atoms in total. The molecule has 0 radical (unpaired) electrons. The van der Waals surface area contributed by atoms with Crippen LogP contribution in [0.5, 0.6) is 5.75 Å². The number of ether oxygens (including phenoxy) is 2. The van der Waals surface area contributed by atoms with E-state index >= 15 is 0 Å². The molecule has 0 aromatic heterocycles. The second-order valence-corrected chi connectivity index (χ2v) is 3.91. The van der Waals surface area contributed by atoms with Crippen LogP contribution in [0, 0.1) is 0 Å². The molecule has 4 heteroatoms. The van der Waals surface area contributed by atoms with E-state index < -0.39 is 5.97 Å². The molecule has 0 spiro atoms. The standard InChI is InChI=1S/C13H16O4/c1-9(2)17-13(15)8-16-12-6-4-5-11(7-12)10(3)14/h4-7,9H,8H2,1-3H3. The first-order chi connectivity index (χ1) is 7.99. The summed E-state index contributed by atoms with van der Waals surface area (Å²) in [5.74, 6) is 0.0202. The van der Waals surface area contributed by atoms with Crippen molar-refractivity contribution in [1.29, 1.82) is 0 Å². The Bertz CT molecular complexity index is 410. The van der Waals surface area contributed by atoms with Crippen LogP contribution in [-0.4, -0.2) is 24.5 Å². The number of carbonyl (C=O) groups is 2. The van der Waals surface area contributed by atoms with Crippen molar-refractivity contribution < 1.29 is 19.1 Å². The third-order valence-corrected chi connectivity index (χ3v) is 1.96. The van der Waals surface area contributed by atoms with Crippen LogP contribution in [-0.2, 0) is 9.53 Å². The van der Waals surface area contributed by atoms with Crippen LogP contribution in [0.25, 0.3) is 0 Å². The van der Waals surface area contributed by atoms with Gasteiger partial charge in [-0.25, -0.2) is 4.79 Å². The van der Waals surface area contributed by atoms with Crippen LogP contribution >= 0.6 is 0 Å². The lowest BCUT2D eigenvalue weighted by atomic mass is 10.1. The Kier molecular flexibility index (Phi) is 4.69. The van der Waals surface area contributed by atoms with E-state index in [1.807, 2.05) is 0 Å². The van der Waals surface area contributed by atoms with Gasteiger partial charge in [-0.15, -0.1) is 0 Å². The van der Waals surface area contributed by atoms with E-state index in [4.69, 9.17) is 9.47 Å². The predicted octanol–water partition coefficient (Wildman–Crippen LogP) is 2.22. The van der Waals surface area contributed by atoms with E-state index in [0.29, 0.717) is 11.3 Å². The molecule has 1 rings (SSSR count). The molecule has 17 heavy (non-hydrogen) atoms. The molecule has 1 aromatic rings. The van der Waals surface area contributed by atoms with Crippen molar-refractivity contribution in [2.45, 2.75) is 26.9 Å². The Hall–Kier alpha value is -1.84. The van der Waals surface area contributed by atoms with E-state index in [-0.39, 0.29) is 18.5 Å². The van der Waals surface area contributed by atoms with E-state index in [1.165, 1.54) is 6.92 Å². The molecular weight excluding hydrogens is 220 g/mol. The molecule has 0 N–H and O–H groups in total. The maximum Gasteiger partial charge on any atom is 0.344 e. The van der Waals surface area contributed by atoms with Gasteiger partial charge in [-0.05, 0) is 32.9 Å². The zero-order valence-electron chi connectivity index (χ0n) is 10.2. The number of Topliss-reactive ketones (excluding diaryl/α,β-unsaturated/α-hetero) is 1. The van der Waals surface area contributed by atoms with E-state index in [1.54, 1.807) is 38.1 Å². The van der Waals surface area contributed by atoms with Crippen molar-refractivity contribution in [2.24, 2.45) is 0 Å². The van der Waals surface area contributed by atoms with Crippen LogP contribution < -0.4 is 4.74 Å². The number of carbonyl (C=O) groups excluding carboxylic acids is 2. The van der Waals surface area contributed by atoms with Gasteiger partial charge >= 0.3 is 5.97 Å². The van der Waals surface area contributed by atoms with Crippen LogP contribution in [0.2, 0.25) is 0 Å². The minimum absolute atomic E-state index is 0.0415. The van der Waals surface area contributed by atoms with Gasteiger partial charge in [0.05, 0.1) is 6.10 Å². The molecule has 0 aliphatic heterocycles. The van der Waals surface area contributed by atoms with Gasteiger partial charge in [0.15, 0.2) is 12.4 Å². The van der Waals surface area contributed by atoms with Gasteiger partial charge in [-0.3, -0.25) is 4.79 Å². The predicted molar refractivity (Wildman–Crippen MR) is 63.2 cm³/mol. The molecule has 92 valence electrons. The molecule has 0 aliphatic carbocycles. The molecule has 0 aliphatic rings. The van der Waals surface area contributed by atoms with Crippen LogP contribution in [0.3, 0.4) is 0 Å². The second kappa shape index (κ2) is 6.03. The fraction of sp³-hybridized carbons (Fsp3) is 0.385.